The molecule has 15 heavy (non-hydrogen) atoms. The van der Waals surface area contributed by atoms with E-state index in [0.717, 1.165) is 25.9 Å². The number of nitrogens with zero attached hydrogens (tertiary/aromatic N) is 1. The summed E-state index contributed by atoms with van der Waals surface area (Å²) < 4.78 is 5.25. The molecule has 1 aliphatic heterocycles. The van der Waals surface area contributed by atoms with E-state index in [1.54, 1.807) is 24.5 Å². The first kappa shape index (κ1) is 10.1. The van der Waals surface area contributed by atoms with Crippen LogP contribution in [0.3, 0.4) is 0 Å². The quantitative estimate of drug-likeness (QED) is 0.733. The highest BCUT2D eigenvalue weighted by Crippen LogP contribution is 2.16. The lowest BCUT2D eigenvalue weighted by molar-refractivity contribution is -0.139. The molecule has 2 heterocycles. The first-order valence-electron chi connectivity index (χ1n) is 5.19. The Morgan fingerprint density at radius 3 is 2.67 bits per heavy atom. The minimum absolute atomic E-state index is 0.0411. The highest BCUT2D eigenvalue weighted by atomic mass is 16.5. The van der Waals surface area contributed by atoms with Crippen LogP contribution in [0.1, 0.15) is 12.8 Å². The molecule has 0 aromatic carbocycles. The van der Waals surface area contributed by atoms with Gasteiger partial charge in [-0.1, -0.05) is 0 Å². The largest absolute Gasteiger partial charge is 0.426 e. The zero-order valence-corrected chi connectivity index (χ0v) is 8.48. The number of esters is 1. The van der Waals surface area contributed by atoms with Gasteiger partial charge in [0.2, 0.25) is 0 Å². The van der Waals surface area contributed by atoms with E-state index in [1.165, 1.54) is 0 Å². The van der Waals surface area contributed by atoms with Crippen LogP contribution in [0, 0.1) is 5.92 Å². The molecule has 80 valence electrons. The Kier molecular flexibility index (Phi) is 3.29. The summed E-state index contributed by atoms with van der Waals surface area (Å²) in [5.41, 5.74) is 0. The van der Waals surface area contributed by atoms with Gasteiger partial charge in [-0.2, -0.15) is 0 Å². The zero-order chi connectivity index (χ0) is 10.5. The number of hydrogen-bond donors (Lipinski definition) is 1. The fraction of sp³-hybridized carbons (Fsp3) is 0.455. The molecule has 0 atom stereocenters. The van der Waals surface area contributed by atoms with Crippen molar-refractivity contribution in [1.29, 1.82) is 0 Å². The van der Waals surface area contributed by atoms with Crippen LogP contribution >= 0.6 is 0 Å². The molecule has 1 aromatic rings. The summed E-state index contributed by atoms with van der Waals surface area (Å²) in [6.45, 7) is 1.80. The Morgan fingerprint density at radius 1 is 1.33 bits per heavy atom. The third-order valence-corrected chi connectivity index (χ3v) is 2.54. The zero-order valence-electron chi connectivity index (χ0n) is 8.48. The summed E-state index contributed by atoms with van der Waals surface area (Å²) in [5, 5.41) is 3.22. The number of aromatic nitrogens is 1. The van der Waals surface area contributed by atoms with Gasteiger partial charge in [-0.15, -0.1) is 0 Å². The van der Waals surface area contributed by atoms with Crippen molar-refractivity contribution in [2.45, 2.75) is 12.8 Å². The van der Waals surface area contributed by atoms with Crippen molar-refractivity contribution < 1.29 is 9.53 Å². The average Bonchev–Trinajstić information content (AvgIpc) is 2.31. The number of hydrogen-bond acceptors (Lipinski definition) is 4. The van der Waals surface area contributed by atoms with Crippen LogP contribution < -0.4 is 10.1 Å². The van der Waals surface area contributed by atoms with Gasteiger partial charge in [0.1, 0.15) is 5.75 Å². The molecule has 4 nitrogen and oxygen atoms in total. The molecule has 0 unspecified atom stereocenters. The van der Waals surface area contributed by atoms with Crippen LogP contribution in [-0.4, -0.2) is 24.0 Å². The SMILES string of the molecule is O=C(Oc1ccncc1)C1CCNCC1. The number of piperidine rings is 1. The van der Waals surface area contributed by atoms with Crippen LogP contribution in [0.25, 0.3) is 0 Å². The summed E-state index contributed by atoms with van der Waals surface area (Å²) in [6, 6.07) is 3.39. The second kappa shape index (κ2) is 4.89. The lowest BCUT2D eigenvalue weighted by atomic mass is 9.98. The molecule has 1 aromatic heterocycles. The highest BCUT2D eigenvalue weighted by molar-refractivity contribution is 5.75. The topological polar surface area (TPSA) is 51.2 Å². The van der Waals surface area contributed by atoms with E-state index in [-0.39, 0.29) is 11.9 Å². The maximum absolute atomic E-state index is 11.7. The Labute approximate surface area is 88.7 Å². The van der Waals surface area contributed by atoms with E-state index in [4.69, 9.17) is 4.74 Å². The van der Waals surface area contributed by atoms with E-state index in [0.29, 0.717) is 5.75 Å². The molecule has 0 radical (unpaired) electrons. The Morgan fingerprint density at radius 2 is 2.00 bits per heavy atom. The maximum atomic E-state index is 11.7. The van der Waals surface area contributed by atoms with Crippen molar-refractivity contribution in [3.05, 3.63) is 24.5 Å². The first-order valence-corrected chi connectivity index (χ1v) is 5.19. The van der Waals surface area contributed by atoms with Gasteiger partial charge in [0.05, 0.1) is 5.92 Å². The average molecular weight is 206 g/mol. The third kappa shape index (κ3) is 2.76. The van der Waals surface area contributed by atoms with E-state index in [2.05, 4.69) is 10.3 Å². The normalized spacial score (nSPS) is 17.3. The standard InChI is InChI=1S/C11H14N2O2/c14-11(9-1-5-12-6-2-9)15-10-3-7-13-8-4-10/h3-4,7-9,12H,1-2,5-6H2. The van der Waals surface area contributed by atoms with Crippen molar-refractivity contribution >= 4 is 5.97 Å². The van der Waals surface area contributed by atoms with Crippen molar-refractivity contribution in [2.75, 3.05) is 13.1 Å². The Bertz CT molecular complexity index is 321. The molecule has 4 heteroatoms. The Hall–Kier alpha value is -1.42. The Balaban J connectivity index is 1.91. The van der Waals surface area contributed by atoms with Gasteiger partial charge in [0, 0.05) is 12.4 Å². The second-order valence-electron chi connectivity index (χ2n) is 3.63. The van der Waals surface area contributed by atoms with Gasteiger partial charge in [-0.05, 0) is 38.1 Å². The van der Waals surface area contributed by atoms with Gasteiger partial charge < -0.3 is 10.1 Å². The number of carbonyl (C=O) groups excluding carboxylic acids is 1. The summed E-state index contributed by atoms with van der Waals surface area (Å²) in [7, 11) is 0. The van der Waals surface area contributed by atoms with Gasteiger partial charge in [-0.25, -0.2) is 0 Å². The molecule has 1 fully saturated rings. The van der Waals surface area contributed by atoms with Gasteiger partial charge in [0.25, 0.3) is 0 Å². The molecule has 0 saturated carbocycles. The molecule has 2 rings (SSSR count). The van der Waals surface area contributed by atoms with Crippen LogP contribution in [0.4, 0.5) is 0 Å². The fourth-order valence-electron chi connectivity index (χ4n) is 1.66. The number of rotatable bonds is 2. The molecular formula is C11H14N2O2. The van der Waals surface area contributed by atoms with Crippen molar-refractivity contribution in [3.63, 3.8) is 0 Å². The highest BCUT2D eigenvalue weighted by Gasteiger charge is 2.22. The van der Waals surface area contributed by atoms with Crippen molar-refractivity contribution in [3.8, 4) is 5.75 Å². The third-order valence-electron chi connectivity index (χ3n) is 2.54. The molecule has 1 N–H and O–H groups in total. The van der Waals surface area contributed by atoms with E-state index < -0.39 is 0 Å². The van der Waals surface area contributed by atoms with Gasteiger partial charge >= 0.3 is 5.97 Å². The smallest absolute Gasteiger partial charge is 0.314 e. The van der Waals surface area contributed by atoms with Crippen LogP contribution in [0.5, 0.6) is 5.75 Å². The molecule has 0 aliphatic carbocycles. The lowest BCUT2D eigenvalue weighted by Crippen LogP contribution is -2.33. The van der Waals surface area contributed by atoms with Crippen molar-refractivity contribution in [1.82, 2.24) is 10.3 Å². The predicted molar refractivity (Wildman–Crippen MR) is 55.5 cm³/mol. The molecule has 1 aliphatic rings. The number of carbonyl (C=O) groups is 1. The molecule has 0 amide bonds. The van der Waals surface area contributed by atoms with Crippen LogP contribution in [0.15, 0.2) is 24.5 Å². The van der Waals surface area contributed by atoms with Gasteiger partial charge in [0.15, 0.2) is 0 Å². The second-order valence-corrected chi connectivity index (χ2v) is 3.63. The van der Waals surface area contributed by atoms with E-state index in [9.17, 15) is 4.79 Å². The summed E-state index contributed by atoms with van der Waals surface area (Å²) in [4.78, 5) is 15.6. The number of nitrogens with one attached hydrogen (secondary N) is 1. The monoisotopic (exact) mass is 206 g/mol. The van der Waals surface area contributed by atoms with E-state index in [1.807, 2.05) is 0 Å². The van der Waals surface area contributed by atoms with Crippen molar-refractivity contribution in [2.24, 2.45) is 5.92 Å². The van der Waals surface area contributed by atoms with Gasteiger partial charge in [-0.3, -0.25) is 9.78 Å². The summed E-state index contributed by atoms with van der Waals surface area (Å²) in [5.74, 6) is 0.496. The molecule has 0 spiro atoms. The minimum atomic E-state index is -0.122. The number of ether oxygens (including phenoxy) is 1. The molecular weight excluding hydrogens is 192 g/mol. The predicted octanol–water partition coefficient (Wildman–Crippen LogP) is 0.987. The van der Waals surface area contributed by atoms with Crippen LogP contribution in [-0.2, 0) is 4.79 Å². The van der Waals surface area contributed by atoms with E-state index >= 15 is 0 Å². The lowest BCUT2D eigenvalue weighted by Gasteiger charge is -2.20. The summed E-state index contributed by atoms with van der Waals surface area (Å²) in [6.07, 6.45) is 4.96. The molecule has 0 bridgehead atoms. The summed E-state index contributed by atoms with van der Waals surface area (Å²) >= 11 is 0. The fourth-order valence-corrected chi connectivity index (χ4v) is 1.66. The first-order chi connectivity index (χ1) is 7.36. The van der Waals surface area contributed by atoms with Crippen LogP contribution in [0.2, 0.25) is 0 Å². The molecule has 1 saturated heterocycles. The number of pyridine rings is 1. The maximum Gasteiger partial charge on any atom is 0.314 e. The minimum Gasteiger partial charge on any atom is -0.426 e.